The molecule has 0 aromatic heterocycles. The summed E-state index contributed by atoms with van der Waals surface area (Å²) in [5.41, 5.74) is 1.19. The van der Waals surface area contributed by atoms with Gasteiger partial charge in [0.15, 0.2) is 0 Å². The predicted octanol–water partition coefficient (Wildman–Crippen LogP) is 0.527. The largest absolute Gasteiger partial charge is 0.348 e. The van der Waals surface area contributed by atoms with Gasteiger partial charge in [0, 0.05) is 24.2 Å². The van der Waals surface area contributed by atoms with E-state index in [1.807, 2.05) is 6.92 Å². The van der Waals surface area contributed by atoms with Gasteiger partial charge in [-0.25, -0.2) is 13.1 Å². The number of nitrogens with one attached hydrogen (secondary N) is 3. The number of benzene rings is 1. The summed E-state index contributed by atoms with van der Waals surface area (Å²) in [5.74, 6) is -0.213. The fourth-order valence-corrected chi connectivity index (χ4v) is 3.87. The third-order valence-corrected chi connectivity index (χ3v) is 5.58. The smallest absolute Gasteiger partial charge is 0.251 e. The lowest BCUT2D eigenvalue weighted by atomic mass is 10.1. The monoisotopic (exact) mass is 323 g/mol. The molecular weight excluding hydrogens is 302 g/mol. The molecule has 22 heavy (non-hydrogen) atoms. The number of hydrogen-bond acceptors (Lipinski definition) is 4. The third-order valence-electron chi connectivity index (χ3n) is 4.06. The molecule has 1 atom stereocenters. The van der Waals surface area contributed by atoms with Crippen LogP contribution in [0.3, 0.4) is 0 Å². The van der Waals surface area contributed by atoms with E-state index in [9.17, 15) is 13.2 Å². The van der Waals surface area contributed by atoms with E-state index in [-0.39, 0.29) is 22.9 Å². The second kappa shape index (κ2) is 5.98. The molecule has 1 aromatic carbocycles. The minimum atomic E-state index is -3.54. The number of carbonyl (C=O) groups excluding carboxylic acids is 1. The van der Waals surface area contributed by atoms with Crippen molar-refractivity contribution >= 4 is 15.9 Å². The van der Waals surface area contributed by atoms with Gasteiger partial charge in [-0.05, 0) is 50.4 Å². The summed E-state index contributed by atoms with van der Waals surface area (Å²) in [4.78, 5) is 12.5. The van der Waals surface area contributed by atoms with E-state index in [4.69, 9.17) is 0 Å². The van der Waals surface area contributed by atoms with Crippen molar-refractivity contribution in [1.29, 1.82) is 0 Å². The summed E-state index contributed by atoms with van der Waals surface area (Å²) in [6, 6.07) is 4.86. The Balaban J connectivity index is 1.81. The Morgan fingerprint density at radius 1 is 1.23 bits per heavy atom. The topological polar surface area (TPSA) is 87.3 Å². The molecule has 1 amide bonds. The molecule has 3 rings (SSSR count). The summed E-state index contributed by atoms with van der Waals surface area (Å²) in [6.45, 7) is 3.46. The van der Waals surface area contributed by atoms with Crippen LogP contribution in [-0.2, 0) is 10.0 Å². The van der Waals surface area contributed by atoms with Gasteiger partial charge >= 0.3 is 0 Å². The Kier molecular flexibility index (Phi) is 4.20. The van der Waals surface area contributed by atoms with Crippen LogP contribution in [0.4, 0.5) is 0 Å². The quantitative estimate of drug-likeness (QED) is 0.737. The van der Waals surface area contributed by atoms with Crippen molar-refractivity contribution in [2.75, 3.05) is 13.1 Å². The molecule has 7 heteroatoms. The molecular formula is C15H21N3O3S. The molecule has 0 bridgehead atoms. The molecule has 1 aliphatic heterocycles. The lowest BCUT2D eigenvalue weighted by Gasteiger charge is -2.14. The van der Waals surface area contributed by atoms with Gasteiger partial charge in [-0.2, -0.15) is 0 Å². The molecule has 1 heterocycles. The van der Waals surface area contributed by atoms with Crippen LogP contribution in [0.1, 0.15) is 35.2 Å². The zero-order valence-corrected chi connectivity index (χ0v) is 13.4. The normalized spacial score (nSPS) is 21.8. The van der Waals surface area contributed by atoms with Crippen molar-refractivity contribution < 1.29 is 13.2 Å². The standard InChI is InChI=1S/C15H21N3O3S/c1-10-2-5-13(22(20,21)18-11-3-4-11)8-14(10)15(19)17-12-6-7-16-9-12/h2,5,8,11-12,16,18H,3-4,6-7,9H2,1H3,(H,17,19). The molecule has 1 saturated carbocycles. The zero-order valence-electron chi connectivity index (χ0n) is 12.6. The second-order valence-corrected chi connectivity index (χ2v) is 7.75. The lowest BCUT2D eigenvalue weighted by molar-refractivity contribution is 0.0939. The summed E-state index contributed by atoms with van der Waals surface area (Å²) >= 11 is 0. The van der Waals surface area contributed by atoms with Gasteiger partial charge in [-0.1, -0.05) is 6.07 Å². The van der Waals surface area contributed by atoms with Gasteiger partial charge in [-0.3, -0.25) is 4.79 Å². The SMILES string of the molecule is Cc1ccc(S(=O)(=O)NC2CC2)cc1C(=O)NC1CCNC1. The van der Waals surface area contributed by atoms with Crippen LogP contribution in [0, 0.1) is 6.92 Å². The molecule has 1 unspecified atom stereocenters. The zero-order chi connectivity index (χ0) is 15.7. The van der Waals surface area contributed by atoms with Crippen LogP contribution in [-0.4, -0.2) is 39.5 Å². The summed E-state index contributed by atoms with van der Waals surface area (Å²) in [5, 5.41) is 6.14. The molecule has 2 aliphatic rings. The minimum Gasteiger partial charge on any atom is -0.348 e. The van der Waals surface area contributed by atoms with Crippen molar-refractivity contribution in [3.8, 4) is 0 Å². The van der Waals surface area contributed by atoms with Crippen LogP contribution in [0.5, 0.6) is 0 Å². The fourth-order valence-electron chi connectivity index (χ4n) is 2.54. The summed E-state index contributed by atoms with van der Waals surface area (Å²) in [6.07, 6.45) is 2.66. The summed E-state index contributed by atoms with van der Waals surface area (Å²) in [7, 11) is -3.54. The maximum Gasteiger partial charge on any atom is 0.251 e. The van der Waals surface area contributed by atoms with Gasteiger partial charge in [0.1, 0.15) is 0 Å². The lowest BCUT2D eigenvalue weighted by Crippen LogP contribution is -2.36. The Morgan fingerprint density at radius 2 is 2.00 bits per heavy atom. The van der Waals surface area contributed by atoms with Crippen LogP contribution >= 0.6 is 0 Å². The summed E-state index contributed by atoms with van der Waals surface area (Å²) < 4.78 is 27.2. The van der Waals surface area contributed by atoms with Gasteiger partial charge in [0.05, 0.1) is 4.90 Å². The maximum absolute atomic E-state index is 12.4. The number of hydrogen-bond donors (Lipinski definition) is 3. The molecule has 2 fully saturated rings. The van der Waals surface area contributed by atoms with Crippen molar-refractivity contribution in [3.63, 3.8) is 0 Å². The van der Waals surface area contributed by atoms with Gasteiger partial charge in [0.25, 0.3) is 5.91 Å². The van der Waals surface area contributed by atoms with Crippen molar-refractivity contribution in [3.05, 3.63) is 29.3 Å². The highest BCUT2D eigenvalue weighted by Gasteiger charge is 2.28. The molecule has 3 N–H and O–H groups in total. The van der Waals surface area contributed by atoms with E-state index in [2.05, 4.69) is 15.4 Å². The van der Waals surface area contributed by atoms with Crippen LogP contribution in [0.25, 0.3) is 0 Å². The number of carbonyl (C=O) groups is 1. The molecule has 6 nitrogen and oxygen atoms in total. The van der Waals surface area contributed by atoms with E-state index in [1.165, 1.54) is 6.07 Å². The van der Waals surface area contributed by atoms with E-state index < -0.39 is 10.0 Å². The van der Waals surface area contributed by atoms with Crippen LogP contribution < -0.4 is 15.4 Å². The van der Waals surface area contributed by atoms with Crippen LogP contribution in [0.2, 0.25) is 0 Å². The fraction of sp³-hybridized carbons (Fsp3) is 0.533. The molecule has 1 saturated heterocycles. The van der Waals surface area contributed by atoms with Gasteiger partial charge < -0.3 is 10.6 Å². The first-order valence-corrected chi connectivity index (χ1v) is 9.08. The van der Waals surface area contributed by atoms with Crippen molar-refractivity contribution in [1.82, 2.24) is 15.4 Å². The average Bonchev–Trinajstić information content (AvgIpc) is 3.11. The van der Waals surface area contributed by atoms with Crippen molar-refractivity contribution in [2.24, 2.45) is 0 Å². The average molecular weight is 323 g/mol. The highest BCUT2D eigenvalue weighted by atomic mass is 32.2. The minimum absolute atomic E-state index is 0.0492. The van der Waals surface area contributed by atoms with E-state index in [0.29, 0.717) is 5.56 Å². The predicted molar refractivity (Wildman–Crippen MR) is 83.3 cm³/mol. The first kappa shape index (κ1) is 15.5. The Morgan fingerprint density at radius 3 is 2.64 bits per heavy atom. The Hall–Kier alpha value is -1.44. The number of rotatable bonds is 5. The first-order chi connectivity index (χ1) is 10.5. The highest BCUT2D eigenvalue weighted by molar-refractivity contribution is 7.89. The highest BCUT2D eigenvalue weighted by Crippen LogP contribution is 2.23. The number of amides is 1. The molecule has 0 radical (unpaired) electrons. The second-order valence-electron chi connectivity index (χ2n) is 6.04. The van der Waals surface area contributed by atoms with Crippen LogP contribution in [0.15, 0.2) is 23.1 Å². The molecule has 1 aromatic rings. The molecule has 1 aliphatic carbocycles. The van der Waals surface area contributed by atoms with Gasteiger partial charge in [-0.15, -0.1) is 0 Å². The van der Waals surface area contributed by atoms with E-state index >= 15 is 0 Å². The Bertz CT molecular complexity index is 677. The van der Waals surface area contributed by atoms with E-state index in [1.54, 1.807) is 12.1 Å². The van der Waals surface area contributed by atoms with Gasteiger partial charge in [0.2, 0.25) is 10.0 Å². The Labute approximate surface area is 130 Å². The maximum atomic E-state index is 12.4. The molecule has 0 spiro atoms. The third kappa shape index (κ3) is 3.48. The number of aryl methyl sites for hydroxylation is 1. The molecule has 120 valence electrons. The number of sulfonamides is 1. The van der Waals surface area contributed by atoms with Crippen molar-refractivity contribution in [2.45, 2.75) is 43.2 Å². The van der Waals surface area contributed by atoms with E-state index in [0.717, 1.165) is 37.9 Å². The first-order valence-electron chi connectivity index (χ1n) is 7.60.